The Morgan fingerprint density at radius 3 is 2.28 bits per heavy atom. The van der Waals surface area contributed by atoms with Gasteiger partial charge in [-0.2, -0.15) is 0 Å². The molecule has 6 aromatic rings. The zero-order chi connectivity index (χ0) is 36.3. The summed E-state index contributed by atoms with van der Waals surface area (Å²) in [5.74, 6) is 3.11. The van der Waals surface area contributed by atoms with Crippen molar-refractivity contribution in [2.45, 2.75) is 36.2 Å². The first-order valence-electron chi connectivity index (χ1n) is 17.3. The predicted octanol–water partition coefficient (Wildman–Crippen LogP) is 4.94. The van der Waals surface area contributed by atoms with E-state index in [4.69, 9.17) is 10.5 Å². The van der Waals surface area contributed by atoms with E-state index in [0.29, 0.717) is 22.4 Å². The number of phenols is 1. The molecule has 4 heterocycles. The SMILES string of the molecule is NC(=O)C1C2C(=O)OC(c3ccccc3)C(c3ccccc3)N2C(c2ccc(O)cc2)C12C(=O)Nc1ccc(C#CCn3nnc4ccccc43)cc12. The Bertz CT molecular complexity index is 2470. The highest BCUT2D eigenvalue weighted by Crippen LogP contribution is 2.64. The van der Waals surface area contributed by atoms with E-state index in [1.165, 1.54) is 12.1 Å². The number of nitrogens with one attached hydrogen (secondary N) is 1. The molecule has 11 nitrogen and oxygen atoms in total. The van der Waals surface area contributed by atoms with Gasteiger partial charge in [0.15, 0.2) is 0 Å². The number of anilines is 1. The molecule has 1 spiro atoms. The molecule has 11 heteroatoms. The number of hydrogen-bond donors (Lipinski definition) is 3. The van der Waals surface area contributed by atoms with Gasteiger partial charge in [0.25, 0.3) is 0 Å². The van der Waals surface area contributed by atoms with Crippen molar-refractivity contribution >= 4 is 34.5 Å². The number of fused-ring (bicyclic) bond motifs is 4. The first-order valence-corrected chi connectivity index (χ1v) is 17.3. The molecule has 0 bridgehead atoms. The monoisotopic (exact) mass is 700 g/mol. The number of phenolic OH excluding ortho intramolecular Hbond substituents is 1. The van der Waals surface area contributed by atoms with E-state index in [9.17, 15) is 19.5 Å². The summed E-state index contributed by atoms with van der Waals surface area (Å²) >= 11 is 0. The van der Waals surface area contributed by atoms with Gasteiger partial charge in [-0.1, -0.05) is 102 Å². The molecule has 3 aliphatic heterocycles. The number of esters is 1. The van der Waals surface area contributed by atoms with Crippen molar-refractivity contribution in [2.24, 2.45) is 11.7 Å². The average Bonchev–Trinajstić information content (AvgIpc) is 3.83. The number of primary amides is 1. The largest absolute Gasteiger partial charge is 0.508 e. The molecule has 6 atom stereocenters. The van der Waals surface area contributed by atoms with Crippen LogP contribution in [0.15, 0.2) is 127 Å². The van der Waals surface area contributed by atoms with Gasteiger partial charge in [0, 0.05) is 11.3 Å². The van der Waals surface area contributed by atoms with E-state index in [2.05, 4.69) is 27.5 Å². The summed E-state index contributed by atoms with van der Waals surface area (Å²) in [7, 11) is 0. The van der Waals surface area contributed by atoms with Crippen LogP contribution in [-0.4, -0.2) is 48.8 Å². The summed E-state index contributed by atoms with van der Waals surface area (Å²) in [6.45, 7) is 0.265. The standard InChI is InChI=1S/C42H32N6O5/c43-39(50)34-36-40(51)53-37(27-13-5-2-6-14-27)35(26-11-3-1-4-12-26)48(36)38(28-18-20-29(49)21-19-28)42(34)30-24-25(17-22-31(30)44-41(42)52)10-9-23-47-33-16-8-7-15-32(33)45-46-47/h1-8,11-22,24,34-38,49H,23H2,(H2,43,50)(H,44,52). The van der Waals surface area contributed by atoms with Crippen molar-refractivity contribution < 1.29 is 24.2 Å². The molecule has 260 valence electrons. The highest BCUT2D eigenvalue weighted by atomic mass is 16.6. The zero-order valence-electron chi connectivity index (χ0n) is 28.2. The molecular formula is C42H32N6O5. The third-order valence-corrected chi connectivity index (χ3v) is 10.7. The lowest BCUT2D eigenvalue weighted by molar-refractivity contribution is -0.178. The van der Waals surface area contributed by atoms with E-state index < -0.39 is 53.3 Å². The van der Waals surface area contributed by atoms with Crippen LogP contribution >= 0.6 is 0 Å². The molecule has 3 aliphatic rings. The van der Waals surface area contributed by atoms with Crippen molar-refractivity contribution in [2.75, 3.05) is 5.32 Å². The highest BCUT2D eigenvalue weighted by molar-refractivity contribution is 6.12. The topological polar surface area (TPSA) is 153 Å². The van der Waals surface area contributed by atoms with Gasteiger partial charge in [0.1, 0.15) is 35.4 Å². The number of benzene rings is 5. The van der Waals surface area contributed by atoms with Gasteiger partial charge >= 0.3 is 5.97 Å². The van der Waals surface area contributed by atoms with Gasteiger partial charge in [0.05, 0.1) is 23.5 Å². The van der Waals surface area contributed by atoms with Crippen LogP contribution in [0.3, 0.4) is 0 Å². The molecule has 2 amide bonds. The van der Waals surface area contributed by atoms with Crippen molar-refractivity contribution in [3.05, 3.63) is 155 Å². The van der Waals surface area contributed by atoms with Gasteiger partial charge < -0.3 is 20.9 Å². The van der Waals surface area contributed by atoms with Crippen molar-refractivity contribution in [3.63, 3.8) is 0 Å². The maximum atomic E-state index is 14.9. The number of hydrogen-bond acceptors (Lipinski definition) is 8. The number of rotatable bonds is 5. The van der Waals surface area contributed by atoms with E-state index in [1.54, 1.807) is 35.0 Å². The Kier molecular flexibility index (Phi) is 7.57. The first kappa shape index (κ1) is 32.2. The van der Waals surface area contributed by atoms with Crippen molar-refractivity contribution in [3.8, 4) is 17.6 Å². The Hall–Kier alpha value is -6.77. The summed E-state index contributed by atoms with van der Waals surface area (Å²) in [5, 5.41) is 21.8. The number of cyclic esters (lactones) is 1. The number of ether oxygens (including phenoxy) is 1. The molecule has 53 heavy (non-hydrogen) atoms. The van der Waals surface area contributed by atoms with Crippen molar-refractivity contribution in [1.82, 2.24) is 19.9 Å². The Labute approximate surface area is 304 Å². The lowest BCUT2D eigenvalue weighted by Gasteiger charge is -2.46. The Morgan fingerprint density at radius 2 is 1.55 bits per heavy atom. The maximum absolute atomic E-state index is 14.9. The first-order chi connectivity index (χ1) is 25.9. The van der Waals surface area contributed by atoms with Crippen LogP contribution in [0.5, 0.6) is 5.75 Å². The van der Waals surface area contributed by atoms with Gasteiger partial charge in [0.2, 0.25) is 11.8 Å². The minimum atomic E-state index is -1.69. The molecular weight excluding hydrogens is 668 g/mol. The molecule has 0 radical (unpaired) electrons. The number of aromatic nitrogens is 3. The quantitative estimate of drug-likeness (QED) is 0.169. The number of carbonyl (C=O) groups is 3. The number of nitrogens with zero attached hydrogens (tertiary/aromatic N) is 4. The van der Waals surface area contributed by atoms with E-state index >= 15 is 0 Å². The second-order valence-electron chi connectivity index (χ2n) is 13.5. The number of para-hydroxylation sites is 1. The Balaban J connectivity index is 1.25. The van der Waals surface area contributed by atoms with Crippen molar-refractivity contribution in [1.29, 1.82) is 0 Å². The minimum Gasteiger partial charge on any atom is -0.508 e. The van der Waals surface area contributed by atoms with Gasteiger partial charge in [-0.3, -0.25) is 19.3 Å². The van der Waals surface area contributed by atoms with Crippen LogP contribution in [-0.2, 0) is 31.1 Å². The maximum Gasteiger partial charge on any atom is 0.324 e. The van der Waals surface area contributed by atoms with Gasteiger partial charge in [-0.05, 0) is 64.7 Å². The van der Waals surface area contributed by atoms with Gasteiger partial charge in [-0.15, -0.1) is 5.10 Å². The third kappa shape index (κ3) is 4.98. The molecule has 4 N–H and O–H groups in total. The smallest absolute Gasteiger partial charge is 0.324 e. The summed E-state index contributed by atoms with van der Waals surface area (Å²) < 4.78 is 8.02. The second kappa shape index (κ2) is 12.5. The molecule has 5 aromatic carbocycles. The number of amides is 2. The van der Waals surface area contributed by atoms with Crippen LogP contribution in [0.1, 0.15) is 46.0 Å². The number of morpholine rings is 1. The average molecular weight is 701 g/mol. The van der Waals surface area contributed by atoms with Crippen LogP contribution < -0.4 is 11.1 Å². The highest BCUT2D eigenvalue weighted by Gasteiger charge is 2.73. The summed E-state index contributed by atoms with van der Waals surface area (Å²) in [5.41, 5.74) is 9.98. The zero-order valence-corrected chi connectivity index (χ0v) is 28.2. The molecule has 0 saturated carbocycles. The lowest BCUT2D eigenvalue weighted by Crippen LogP contribution is -2.53. The van der Waals surface area contributed by atoms with Crippen LogP contribution in [0.4, 0.5) is 5.69 Å². The predicted molar refractivity (Wildman–Crippen MR) is 195 cm³/mol. The van der Waals surface area contributed by atoms with Crippen LogP contribution in [0, 0.1) is 17.8 Å². The minimum absolute atomic E-state index is 0.0256. The number of aromatic hydroxyl groups is 1. The molecule has 2 fully saturated rings. The summed E-state index contributed by atoms with van der Waals surface area (Å²) in [6.07, 6.45) is -0.792. The Morgan fingerprint density at radius 1 is 0.849 bits per heavy atom. The van der Waals surface area contributed by atoms with Gasteiger partial charge in [-0.25, -0.2) is 4.68 Å². The lowest BCUT2D eigenvalue weighted by atomic mass is 9.65. The number of carbonyl (C=O) groups excluding carboxylic acids is 3. The fraction of sp³-hybridized carbons (Fsp3) is 0.167. The van der Waals surface area contributed by atoms with Crippen LogP contribution in [0.2, 0.25) is 0 Å². The van der Waals surface area contributed by atoms with E-state index in [1.807, 2.05) is 89.8 Å². The fourth-order valence-electron chi connectivity index (χ4n) is 8.61. The van der Waals surface area contributed by atoms with E-state index in [0.717, 1.165) is 22.2 Å². The second-order valence-corrected chi connectivity index (χ2v) is 13.5. The molecule has 1 aromatic heterocycles. The number of nitrogens with two attached hydrogens (primary N) is 1. The summed E-state index contributed by atoms with van der Waals surface area (Å²) in [6, 6.07) is 35.7. The molecule has 9 rings (SSSR count). The van der Waals surface area contributed by atoms with E-state index in [-0.39, 0.29) is 12.3 Å². The molecule has 2 saturated heterocycles. The fourth-order valence-corrected chi connectivity index (χ4v) is 8.61. The molecule has 0 aliphatic carbocycles. The van der Waals surface area contributed by atoms with Crippen LogP contribution in [0.25, 0.3) is 11.0 Å². The molecule has 6 unspecified atom stereocenters. The summed E-state index contributed by atoms with van der Waals surface area (Å²) in [4.78, 5) is 45.3. The third-order valence-electron chi connectivity index (χ3n) is 10.7. The normalized spacial score (nSPS) is 24.6.